The van der Waals surface area contributed by atoms with E-state index in [1.807, 2.05) is 0 Å². The number of anilines is 1. The van der Waals surface area contributed by atoms with Crippen LogP contribution in [0.15, 0.2) is 35.4 Å². The van der Waals surface area contributed by atoms with E-state index in [4.69, 9.17) is 9.47 Å². The Kier molecular flexibility index (Phi) is 6.39. The van der Waals surface area contributed by atoms with Gasteiger partial charge in [-0.15, -0.1) is 0 Å². The number of nitrogens with one attached hydrogen (secondary N) is 1. The fraction of sp³-hybridized carbons (Fsp3) is 0.417. The fourth-order valence-corrected chi connectivity index (χ4v) is 4.66. The Balaban J connectivity index is 1.47. The van der Waals surface area contributed by atoms with E-state index in [9.17, 15) is 22.8 Å². The lowest BCUT2D eigenvalue weighted by Crippen LogP contribution is -2.54. The Morgan fingerprint density at radius 1 is 1.28 bits per heavy atom. The summed E-state index contributed by atoms with van der Waals surface area (Å²) in [6.45, 7) is 1.77. The Labute approximate surface area is 203 Å². The zero-order valence-electron chi connectivity index (χ0n) is 19.5. The molecule has 0 aliphatic carbocycles. The van der Waals surface area contributed by atoms with Crippen molar-refractivity contribution in [2.45, 2.75) is 25.0 Å². The number of aromatic nitrogens is 3. The number of aryl methyl sites for hydroxylation is 1. The van der Waals surface area contributed by atoms with Gasteiger partial charge in [-0.3, -0.25) is 14.2 Å². The number of fused-ring (bicyclic) bond motifs is 1. The highest BCUT2D eigenvalue weighted by atomic mass is 19.3. The highest BCUT2D eigenvalue weighted by Crippen LogP contribution is 2.29. The van der Waals surface area contributed by atoms with Crippen LogP contribution in [-0.4, -0.2) is 63.9 Å². The number of rotatable bonds is 5. The van der Waals surface area contributed by atoms with Crippen LogP contribution in [0.1, 0.15) is 34.3 Å². The van der Waals surface area contributed by atoms with E-state index in [2.05, 4.69) is 15.3 Å². The molecule has 1 unspecified atom stereocenters. The number of benzene rings is 1. The van der Waals surface area contributed by atoms with Gasteiger partial charge >= 0.3 is 0 Å². The summed E-state index contributed by atoms with van der Waals surface area (Å²) < 4.78 is 53.2. The van der Waals surface area contributed by atoms with Crippen molar-refractivity contribution in [1.82, 2.24) is 19.4 Å². The standard InChI is InChI=1S/C24H24F3N5O4/c1-31-21-16(20(29-13-30-21)28-10-14-3-2-4-15(18(14)25)19(26)27)9-17(22(31)33)23(34)32-6-8-36-24(11-32)5-7-35-12-24/h2-4,9,13,19H,5-8,10-12H2,1H3,(H,28,29,30). The van der Waals surface area contributed by atoms with Crippen LogP contribution in [-0.2, 0) is 23.1 Å². The first-order chi connectivity index (χ1) is 17.3. The second kappa shape index (κ2) is 9.51. The first-order valence-electron chi connectivity index (χ1n) is 11.4. The molecular weight excluding hydrogens is 479 g/mol. The van der Waals surface area contributed by atoms with Gasteiger partial charge in [-0.1, -0.05) is 18.2 Å². The van der Waals surface area contributed by atoms with Crippen molar-refractivity contribution < 1.29 is 27.4 Å². The van der Waals surface area contributed by atoms with Gasteiger partial charge in [0.1, 0.15) is 34.8 Å². The summed E-state index contributed by atoms with van der Waals surface area (Å²) in [4.78, 5) is 36.4. The molecule has 0 bridgehead atoms. The molecule has 36 heavy (non-hydrogen) atoms. The smallest absolute Gasteiger partial charge is 0.266 e. The van der Waals surface area contributed by atoms with Crippen molar-refractivity contribution in [3.63, 3.8) is 0 Å². The summed E-state index contributed by atoms with van der Waals surface area (Å²) >= 11 is 0. The van der Waals surface area contributed by atoms with E-state index in [1.54, 1.807) is 4.90 Å². The number of hydrogen-bond donors (Lipinski definition) is 1. The number of halogens is 3. The van der Waals surface area contributed by atoms with E-state index in [0.29, 0.717) is 44.7 Å². The number of ether oxygens (including phenoxy) is 2. The van der Waals surface area contributed by atoms with Crippen LogP contribution in [0.2, 0.25) is 0 Å². The molecule has 0 saturated carbocycles. The average Bonchev–Trinajstić information content (AvgIpc) is 3.32. The molecule has 2 saturated heterocycles. The SMILES string of the molecule is Cn1c(=O)c(C(=O)N2CCOC3(CCOC3)C2)cc2c(NCc3cccc(C(F)F)c3F)ncnc21. The number of alkyl halides is 2. The van der Waals surface area contributed by atoms with E-state index in [1.165, 1.54) is 36.1 Å². The van der Waals surface area contributed by atoms with Crippen LogP contribution in [0.4, 0.5) is 19.0 Å². The molecule has 1 amide bonds. The molecule has 0 radical (unpaired) electrons. The third kappa shape index (κ3) is 4.30. The summed E-state index contributed by atoms with van der Waals surface area (Å²) in [5.41, 5.74) is -1.55. The van der Waals surface area contributed by atoms with Crippen molar-refractivity contribution in [2.24, 2.45) is 7.05 Å². The van der Waals surface area contributed by atoms with E-state index >= 15 is 0 Å². The average molecular weight is 503 g/mol. The molecule has 2 aliphatic rings. The topological polar surface area (TPSA) is 98.6 Å². The number of pyridine rings is 1. The van der Waals surface area contributed by atoms with Gasteiger partial charge in [0.2, 0.25) is 0 Å². The lowest BCUT2D eigenvalue weighted by atomic mass is 10.00. The minimum atomic E-state index is -2.94. The van der Waals surface area contributed by atoms with Gasteiger partial charge in [-0.05, 0) is 6.07 Å². The van der Waals surface area contributed by atoms with E-state index in [0.717, 1.165) is 6.07 Å². The van der Waals surface area contributed by atoms with Gasteiger partial charge < -0.3 is 19.7 Å². The van der Waals surface area contributed by atoms with Crippen molar-refractivity contribution in [2.75, 3.05) is 38.2 Å². The molecule has 1 aromatic carbocycles. The molecule has 5 rings (SSSR count). The van der Waals surface area contributed by atoms with Gasteiger partial charge in [0, 0.05) is 38.7 Å². The predicted octanol–water partition coefficient (Wildman–Crippen LogP) is 2.65. The summed E-state index contributed by atoms with van der Waals surface area (Å²) in [6, 6.07) is 5.19. The minimum Gasteiger partial charge on any atom is -0.378 e. The zero-order chi connectivity index (χ0) is 25.4. The normalized spacial score (nSPS) is 20.0. The summed E-state index contributed by atoms with van der Waals surface area (Å²) in [5, 5.41) is 3.29. The van der Waals surface area contributed by atoms with E-state index < -0.39 is 34.9 Å². The molecule has 9 nitrogen and oxygen atoms in total. The molecule has 1 N–H and O–H groups in total. The van der Waals surface area contributed by atoms with Crippen LogP contribution in [0, 0.1) is 5.82 Å². The van der Waals surface area contributed by atoms with Crippen molar-refractivity contribution in [3.8, 4) is 0 Å². The maximum Gasteiger partial charge on any atom is 0.266 e. The van der Waals surface area contributed by atoms with Gasteiger partial charge in [-0.25, -0.2) is 23.1 Å². The number of amides is 1. The number of hydrogen-bond acceptors (Lipinski definition) is 7. The Hall–Kier alpha value is -3.51. The lowest BCUT2D eigenvalue weighted by Gasteiger charge is -2.39. The Morgan fingerprint density at radius 2 is 2.11 bits per heavy atom. The number of nitrogens with zero attached hydrogens (tertiary/aromatic N) is 4. The first-order valence-corrected chi connectivity index (χ1v) is 11.4. The molecular formula is C24H24F3N5O4. The lowest BCUT2D eigenvalue weighted by molar-refractivity contribution is -0.0995. The Bertz CT molecular complexity index is 1370. The highest BCUT2D eigenvalue weighted by molar-refractivity contribution is 5.99. The van der Waals surface area contributed by atoms with Crippen LogP contribution in [0.5, 0.6) is 0 Å². The molecule has 190 valence electrons. The summed E-state index contributed by atoms with van der Waals surface area (Å²) in [6.07, 6.45) is -1.05. The number of carbonyl (C=O) groups excluding carboxylic acids is 1. The molecule has 2 fully saturated rings. The van der Waals surface area contributed by atoms with Crippen LogP contribution < -0.4 is 10.9 Å². The molecule has 1 atom stereocenters. The van der Waals surface area contributed by atoms with E-state index in [-0.39, 0.29) is 29.1 Å². The molecule has 4 heterocycles. The second-order valence-corrected chi connectivity index (χ2v) is 8.92. The van der Waals surface area contributed by atoms with Crippen molar-refractivity contribution >= 4 is 22.8 Å². The molecule has 2 aromatic heterocycles. The number of carbonyl (C=O) groups is 1. The second-order valence-electron chi connectivity index (χ2n) is 8.92. The highest BCUT2D eigenvalue weighted by Gasteiger charge is 2.42. The third-order valence-corrected chi connectivity index (χ3v) is 6.63. The van der Waals surface area contributed by atoms with Gasteiger partial charge in [0.15, 0.2) is 0 Å². The maximum absolute atomic E-state index is 14.5. The number of morpholine rings is 1. The molecule has 12 heteroatoms. The quantitative estimate of drug-likeness (QED) is 0.572. The first kappa shape index (κ1) is 24.2. The summed E-state index contributed by atoms with van der Waals surface area (Å²) in [5.74, 6) is -1.22. The van der Waals surface area contributed by atoms with Gasteiger partial charge in [-0.2, -0.15) is 0 Å². The van der Waals surface area contributed by atoms with Crippen molar-refractivity contribution in [3.05, 3.63) is 63.5 Å². The van der Waals surface area contributed by atoms with Crippen LogP contribution in [0.25, 0.3) is 11.0 Å². The molecule has 1 spiro atoms. The fourth-order valence-electron chi connectivity index (χ4n) is 4.66. The molecule has 3 aromatic rings. The van der Waals surface area contributed by atoms with Crippen LogP contribution in [0.3, 0.4) is 0 Å². The maximum atomic E-state index is 14.5. The molecule has 2 aliphatic heterocycles. The summed E-state index contributed by atoms with van der Waals surface area (Å²) in [7, 11) is 1.50. The third-order valence-electron chi connectivity index (χ3n) is 6.63. The monoisotopic (exact) mass is 503 g/mol. The largest absolute Gasteiger partial charge is 0.378 e. The van der Waals surface area contributed by atoms with Gasteiger partial charge in [0.05, 0.1) is 30.7 Å². The van der Waals surface area contributed by atoms with Crippen molar-refractivity contribution in [1.29, 1.82) is 0 Å². The Morgan fingerprint density at radius 3 is 2.86 bits per heavy atom. The predicted molar refractivity (Wildman–Crippen MR) is 123 cm³/mol. The van der Waals surface area contributed by atoms with Gasteiger partial charge in [0.25, 0.3) is 17.9 Å². The zero-order valence-corrected chi connectivity index (χ0v) is 19.5. The minimum absolute atomic E-state index is 0.0260. The van der Waals surface area contributed by atoms with Crippen LogP contribution >= 0.6 is 0 Å².